The molecular weight excluding hydrogens is 478 g/mol. The number of likely N-dealkylation sites (tertiary alicyclic amines) is 1. The standard InChI is InChI=1S/C26H31N5O4S/c1-18(6-5-12-27-2)15-31-16-21(17-31)36(33,34)30-26(32)29-25-22-8-4-7-19(22)9-10-23(25)20-11-13-28-24(14-20)35-3/h5-6,9-14,21H,2,4,7-8,15-17H2,1,3H3,(H2,29,30,32)/b12-5-,18-6+. The number of fused-ring (bicyclic) bond motifs is 1. The SMILES string of the molecule is C=N/C=C\C=C(/C)CN1CC(S(=O)(=O)NC(=O)Nc2c(-c3ccnc(OC)c3)ccc3c2CCC3)C1. The highest BCUT2D eigenvalue weighted by molar-refractivity contribution is 7.90. The van der Waals surface area contributed by atoms with Crippen LogP contribution in [0.15, 0.2) is 59.4 Å². The number of methoxy groups -OCH3 is 1. The van der Waals surface area contributed by atoms with E-state index in [1.165, 1.54) is 0 Å². The van der Waals surface area contributed by atoms with Crippen LogP contribution in [0.1, 0.15) is 24.5 Å². The lowest BCUT2D eigenvalue weighted by molar-refractivity contribution is 0.200. The van der Waals surface area contributed by atoms with Crippen LogP contribution in [-0.2, 0) is 22.9 Å². The molecule has 2 N–H and O–H groups in total. The number of carbonyl (C=O) groups excluding carboxylic acids is 1. The molecule has 1 aliphatic heterocycles. The second kappa shape index (κ2) is 11.0. The molecule has 0 bridgehead atoms. The predicted octanol–water partition coefficient (Wildman–Crippen LogP) is 3.54. The van der Waals surface area contributed by atoms with Crippen molar-refractivity contribution < 1.29 is 17.9 Å². The minimum Gasteiger partial charge on any atom is -0.481 e. The third kappa shape index (κ3) is 5.83. The lowest BCUT2D eigenvalue weighted by Gasteiger charge is -2.38. The van der Waals surface area contributed by atoms with Gasteiger partial charge in [-0.05, 0) is 61.7 Å². The van der Waals surface area contributed by atoms with Crippen molar-refractivity contribution in [2.75, 3.05) is 32.1 Å². The Morgan fingerprint density at radius 3 is 2.86 bits per heavy atom. The smallest absolute Gasteiger partial charge is 0.332 e. The molecule has 1 fully saturated rings. The monoisotopic (exact) mass is 509 g/mol. The van der Waals surface area contributed by atoms with E-state index in [0.717, 1.165) is 47.1 Å². The number of aryl methyl sites for hydroxylation is 1. The first-order valence-corrected chi connectivity index (χ1v) is 13.3. The third-order valence-corrected chi connectivity index (χ3v) is 8.06. The molecule has 0 saturated carbocycles. The van der Waals surface area contributed by atoms with Crippen LogP contribution in [-0.4, -0.2) is 63.0 Å². The van der Waals surface area contributed by atoms with Crippen LogP contribution < -0.4 is 14.8 Å². The molecule has 2 amide bonds. The average Bonchev–Trinajstić information content (AvgIpc) is 3.30. The number of carbonyl (C=O) groups is 1. The molecule has 0 spiro atoms. The van der Waals surface area contributed by atoms with Crippen molar-refractivity contribution >= 4 is 28.5 Å². The molecule has 2 aromatic rings. The summed E-state index contributed by atoms with van der Waals surface area (Å²) in [5.41, 5.74) is 5.52. The van der Waals surface area contributed by atoms with Crippen LogP contribution in [0.3, 0.4) is 0 Å². The van der Waals surface area contributed by atoms with Gasteiger partial charge in [-0.1, -0.05) is 23.8 Å². The molecule has 1 aromatic carbocycles. The molecule has 0 atom stereocenters. The van der Waals surface area contributed by atoms with Crippen molar-refractivity contribution in [1.82, 2.24) is 14.6 Å². The van der Waals surface area contributed by atoms with Gasteiger partial charge in [0.1, 0.15) is 5.25 Å². The van der Waals surface area contributed by atoms with Crippen molar-refractivity contribution in [2.24, 2.45) is 4.99 Å². The number of allylic oxidation sites excluding steroid dienone is 2. The minimum absolute atomic E-state index is 0.361. The molecule has 10 heteroatoms. The number of urea groups is 1. The van der Waals surface area contributed by atoms with E-state index >= 15 is 0 Å². The van der Waals surface area contributed by atoms with Gasteiger partial charge in [-0.2, -0.15) is 0 Å². The first-order chi connectivity index (χ1) is 17.3. The Morgan fingerprint density at radius 1 is 1.31 bits per heavy atom. The Balaban J connectivity index is 1.45. The van der Waals surface area contributed by atoms with Gasteiger partial charge in [0.15, 0.2) is 0 Å². The maximum Gasteiger partial charge on any atom is 0.332 e. The van der Waals surface area contributed by atoms with Crippen LogP contribution in [0, 0.1) is 0 Å². The average molecular weight is 510 g/mol. The Hall–Kier alpha value is -3.50. The lowest BCUT2D eigenvalue weighted by Crippen LogP contribution is -2.58. The van der Waals surface area contributed by atoms with Gasteiger partial charge < -0.3 is 10.1 Å². The molecule has 4 rings (SSSR count). The number of rotatable bonds is 9. The molecule has 9 nitrogen and oxygen atoms in total. The molecule has 1 saturated heterocycles. The Morgan fingerprint density at radius 2 is 2.11 bits per heavy atom. The van der Waals surface area contributed by atoms with E-state index < -0.39 is 21.3 Å². The highest BCUT2D eigenvalue weighted by Gasteiger charge is 2.38. The summed E-state index contributed by atoms with van der Waals surface area (Å²) in [6.45, 7) is 6.72. The number of pyridine rings is 1. The number of benzene rings is 1. The summed E-state index contributed by atoms with van der Waals surface area (Å²) in [6, 6.07) is 6.88. The summed E-state index contributed by atoms with van der Waals surface area (Å²) < 4.78 is 33.2. The Bertz CT molecular complexity index is 1310. The second-order valence-corrected chi connectivity index (χ2v) is 11.0. The number of hydrogen-bond acceptors (Lipinski definition) is 7. The van der Waals surface area contributed by atoms with Gasteiger partial charge in [0, 0.05) is 43.7 Å². The van der Waals surface area contributed by atoms with Crippen molar-refractivity contribution in [3.05, 3.63) is 65.5 Å². The van der Waals surface area contributed by atoms with Crippen LogP contribution in [0.25, 0.3) is 11.1 Å². The van der Waals surface area contributed by atoms with E-state index in [-0.39, 0.29) is 0 Å². The predicted molar refractivity (Wildman–Crippen MR) is 142 cm³/mol. The van der Waals surface area contributed by atoms with Crippen LogP contribution in [0.2, 0.25) is 0 Å². The van der Waals surface area contributed by atoms with Crippen molar-refractivity contribution in [1.29, 1.82) is 0 Å². The van der Waals surface area contributed by atoms with Crippen molar-refractivity contribution in [3.8, 4) is 17.0 Å². The fourth-order valence-corrected chi connectivity index (χ4v) is 5.90. The number of ether oxygens (including phenoxy) is 1. The van der Waals surface area contributed by atoms with Crippen molar-refractivity contribution in [3.63, 3.8) is 0 Å². The number of aromatic nitrogens is 1. The number of anilines is 1. The molecule has 2 aliphatic rings. The normalized spacial score (nSPS) is 16.4. The van der Waals surface area contributed by atoms with E-state index in [1.807, 2.05) is 30.0 Å². The van der Waals surface area contributed by atoms with Gasteiger partial charge in [-0.3, -0.25) is 9.89 Å². The fourth-order valence-electron chi connectivity index (χ4n) is 4.61. The molecule has 190 valence electrons. The summed E-state index contributed by atoms with van der Waals surface area (Å²) in [6.07, 6.45) is 9.66. The second-order valence-electron chi connectivity index (χ2n) is 9.02. The molecule has 36 heavy (non-hydrogen) atoms. The highest BCUT2D eigenvalue weighted by Crippen LogP contribution is 2.38. The molecule has 1 aromatic heterocycles. The van der Waals surface area contributed by atoms with Gasteiger partial charge in [0.25, 0.3) is 0 Å². The van der Waals surface area contributed by atoms with Gasteiger partial charge in [0.2, 0.25) is 15.9 Å². The minimum atomic E-state index is -3.83. The summed E-state index contributed by atoms with van der Waals surface area (Å²) in [5, 5.41) is 2.20. The first kappa shape index (κ1) is 25.6. The summed E-state index contributed by atoms with van der Waals surface area (Å²) in [5.74, 6) is 0.457. The van der Waals surface area contributed by atoms with E-state index in [9.17, 15) is 13.2 Å². The van der Waals surface area contributed by atoms with E-state index in [4.69, 9.17) is 4.74 Å². The van der Waals surface area contributed by atoms with E-state index in [0.29, 0.717) is 31.2 Å². The molecule has 0 radical (unpaired) electrons. The van der Waals surface area contributed by atoms with Crippen molar-refractivity contribution in [2.45, 2.75) is 31.4 Å². The van der Waals surface area contributed by atoms with Gasteiger partial charge in [-0.15, -0.1) is 0 Å². The lowest BCUT2D eigenvalue weighted by atomic mass is 9.98. The number of aliphatic imine (C=N–C) groups is 1. The molecule has 0 unspecified atom stereocenters. The van der Waals surface area contributed by atoms with Crippen LogP contribution in [0.5, 0.6) is 5.88 Å². The Kier molecular flexibility index (Phi) is 7.85. The molecular formula is C26H31N5O4S. The van der Waals surface area contributed by atoms with Crippen LogP contribution >= 0.6 is 0 Å². The number of nitrogens with zero attached hydrogens (tertiary/aromatic N) is 3. The van der Waals surface area contributed by atoms with Gasteiger partial charge in [-0.25, -0.2) is 22.9 Å². The summed E-state index contributed by atoms with van der Waals surface area (Å²) >= 11 is 0. The maximum atomic E-state index is 12.9. The molecule has 1 aliphatic carbocycles. The van der Waals surface area contributed by atoms with Gasteiger partial charge in [0.05, 0.1) is 12.8 Å². The quantitative estimate of drug-likeness (QED) is 0.395. The number of nitrogens with one attached hydrogen (secondary N) is 2. The molecule has 2 heterocycles. The summed E-state index contributed by atoms with van der Waals surface area (Å²) in [7, 11) is -2.28. The number of amides is 2. The number of sulfonamides is 1. The fraction of sp³-hybridized carbons (Fsp3) is 0.346. The van der Waals surface area contributed by atoms with Crippen LogP contribution in [0.4, 0.5) is 10.5 Å². The first-order valence-electron chi connectivity index (χ1n) is 11.8. The zero-order valence-electron chi connectivity index (χ0n) is 20.5. The van der Waals surface area contributed by atoms with Gasteiger partial charge >= 0.3 is 6.03 Å². The van der Waals surface area contributed by atoms with E-state index in [1.54, 1.807) is 31.6 Å². The largest absolute Gasteiger partial charge is 0.481 e. The zero-order chi connectivity index (χ0) is 25.7. The Labute approximate surface area is 212 Å². The highest BCUT2D eigenvalue weighted by atomic mass is 32.2. The third-order valence-electron chi connectivity index (χ3n) is 6.42. The number of hydrogen-bond donors (Lipinski definition) is 2. The van der Waals surface area contributed by atoms with E-state index in [2.05, 4.69) is 32.8 Å². The topological polar surface area (TPSA) is 113 Å². The summed E-state index contributed by atoms with van der Waals surface area (Å²) in [4.78, 5) is 22.7. The zero-order valence-corrected chi connectivity index (χ0v) is 21.3. The maximum absolute atomic E-state index is 12.9.